The SMILES string of the molecule is C=C(F)C(=O)OCCCCC(=O)OCC(F)(F)S(=O)(=O)O. The predicted molar refractivity (Wildman–Crippen MR) is 62.5 cm³/mol. The number of ether oxygens (including phenoxy) is 2. The molecule has 0 aromatic carbocycles. The third-order valence-corrected chi connectivity index (χ3v) is 2.88. The number of carbonyl (C=O) groups excluding carboxylic acids is 2. The van der Waals surface area contributed by atoms with Gasteiger partial charge in [0.2, 0.25) is 5.83 Å². The molecule has 0 spiro atoms. The van der Waals surface area contributed by atoms with Crippen molar-refractivity contribution in [2.24, 2.45) is 0 Å². The Bertz CT molecular complexity index is 501. The van der Waals surface area contributed by atoms with Crippen molar-refractivity contribution in [3.8, 4) is 0 Å². The van der Waals surface area contributed by atoms with Crippen LogP contribution in [0.4, 0.5) is 13.2 Å². The van der Waals surface area contributed by atoms with Crippen LogP contribution in [0.15, 0.2) is 12.4 Å². The summed E-state index contributed by atoms with van der Waals surface area (Å²) in [6.07, 6.45) is -0.152. The normalized spacial score (nSPS) is 11.8. The van der Waals surface area contributed by atoms with E-state index < -0.39 is 39.7 Å². The highest BCUT2D eigenvalue weighted by Crippen LogP contribution is 2.20. The Morgan fingerprint density at radius 1 is 1.19 bits per heavy atom. The summed E-state index contributed by atoms with van der Waals surface area (Å²) in [6, 6.07) is 0. The van der Waals surface area contributed by atoms with Gasteiger partial charge in [-0.1, -0.05) is 6.58 Å². The fourth-order valence-corrected chi connectivity index (χ4v) is 1.13. The first-order valence-corrected chi connectivity index (χ1v) is 6.93. The third-order valence-electron chi connectivity index (χ3n) is 2.01. The summed E-state index contributed by atoms with van der Waals surface area (Å²) in [5.74, 6) is -3.65. The van der Waals surface area contributed by atoms with Crippen LogP contribution in [0.3, 0.4) is 0 Å². The summed E-state index contributed by atoms with van der Waals surface area (Å²) in [5.41, 5.74) is 0. The third kappa shape index (κ3) is 7.66. The molecule has 0 aliphatic heterocycles. The van der Waals surface area contributed by atoms with Gasteiger partial charge in [-0.2, -0.15) is 21.6 Å². The molecule has 11 heteroatoms. The Hall–Kier alpha value is -1.62. The Kier molecular flexibility index (Phi) is 7.36. The highest BCUT2D eigenvalue weighted by Gasteiger charge is 2.45. The highest BCUT2D eigenvalue weighted by atomic mass is 32.2. The second kappa shape index (κ2) is 7.98. The average molecular weight is 334 g/mol. The molecule has 0 aromatic rings. The molecule has 122 valence electrons. The van der Waals surface area contributed by atoms with Crippen molar-refractivity contribution in [3.05, 3.63) is 12.4 Å². The number of carbonyl (C=O) groups is 2. The van der Waals surface area contributed by atoms with E-state index in [2.05, 4.69) is 16.1 Å². The average Bonchev–Trinajstić information content (AvgIpc) is 2.34. The quantitative estimate of drug-likeness (QED) is 0.292. The fraction of sp³-hybridized carbons (Fsp3) is 0.600. The number of hydrogen-bond donors (Lipinski definition) is 1. The van der Waals surface area contributed by atoms with Crippen LogP contribution in [0, 0.1) is 0 Å². The van der Waals surface area contributed by atoms with Crippen molar-refractivity contribution < 1.29 is 45.2 Å². The molecule has 0 aromatic heterocycles. The van der Waals surface area contributed by atoms with Gasteiger partial charge in [0.1, 0.15) is 0 Å². The van der Waals surface area contributed by atoms with Gasteiger partial charge in [-0.05, 0) is 12.8 Å². The van der Waals surface area contributed by atoms with Crippen molar-refractivity contribution in [2.75, 3.05) is 13.2 Å². The number of alkyl halides is 2. The molecule has 0 unspecified atom stereocenters. The van der Waals surface area contributed by atoms with E-state index in [0.717, 1.165) is 0 Å². The van der Waals surface area contributed by atoms with Crippen LogP contribution in [-0.4, -0.2) is 43.4 Å². The van der Waals surface area contributed by atoms with Crippen molar-refractivity contribution in [2.45, 2.75) is 24.5 Å². The van der Waals surface area contributed by atoms with E-state index in [9.17, 15) is 31.2 Å². The van der Waals surface area contributed by atoms with Crippen molar-refractivity contribution >= 4 is 22.1 Å². The molecule has 0 fully saturated rings. The summed E-state index contributed by atoms with van der Waals surface area (Å²) in [4.78, 5) is 21.6. The second-order valence-electron chi connectivity index (χ2n) is 3.77. The van der Waals surface area contributed by atoms with Crippen LogP contribution in [0.5, 0.6) is 0 Å². The Balaban J connectivity index is 3.88. The molecule has 0 rings (SSSR count). The maximum Gasteiger partial charge on any atom is 0.402 e. The second-order valence-corrected chi connectivity index (χ2v) is 5.32. The van der Waals surface area contributed by atoms with Gasteiger partial charge in [0.05, 0.1) is 6.61 Å². The summed E-state index contributed by atoms with van der Waals surface area (Å²) >= 11 is 0. The van der Waals surface area contributed by atoms with Crippen molar-refractivity contribution in [3.63, 3.8) is 0 Å². The van der Waals surface area contributed by atoms with Gasteiger partial charge in [-0.3, -0.25) is 9.35 Å². The number of unbranched alkanes of at least 4 members (excludes halogenated alkanes) is 1. The standard InChI is InChI=1S/C10H13F3O7S/c1-7(11)9(15)19-5-3-2-4-8(14)20-6-10(12,13)21(16,17)18/h1-6H2,(H,16,17,18). The monoisotopic (exact) mass is 334 g/mol. The first-order valence-electron chi connectivity index (χ1n) is 5.49. The van der Waals surface area contributed by atoms with Gasteiger partial charge >= 0.3 is 27.3 Å². The zero-order valence-corrected chi connectivity index (χ0v) is 11.5. The van der Waals surface area contributed by atoms with Crippen molar-refractivity contribution in [1.82, 2.24) is 0 Å². The highest BCUT2D eigenvalue weighted by molar-refractivity contribution is 7.86. The van der Waals surface area contributed by atoms with Gasteiger partial charge in [0, 0.05) is 6.42 Å². The fourth-order valence-electron chi connectivity index (χ4n) is 0.926. The van der Waals surface area contributed by atoms with Crippen LogP contribution in [0.1, 0.15) is 19.3 Å². The summed E-state index contributed by atoms with van der Waals surface area (Å²) in [6.45, 7) is 0.677. The first-order chi connectivity index (χ1) is 9.47. The zero-order valence-electron chi connectivity index (χ0n) is 10.7. The van der Waals surface area contributed by atoms with E-state index in [-0.39, 0.29) is 25.9 Å². The van der Waals surface area contributed by atoms with E-state index in [1.165, 1.54) is 0 Å². The maximum atomic E-state index is 12.7. The molecule has 0 aliphatic carbocycles. The van der Waals surface area contributed by atoms with E-state index in [4.69, 9.17) is 4.55 Å². The number of rotatable bonds is 9. The lowest BCUT2D eigenvalue weighted by Crippen LogP contribution is -2.34. The summed E-state index contributed by atoms with van der Waals surface area (Å²) in [5, 5.41) is -4.58. The van der Waals surface area contributed by atoms with E-state index in [1.807, 2.05) is 0 Å². The topological polar surface area (TPSA) is 107 Å². The van der Waals surface area contributed by atoms with Gasteiger partial charge in [0.15, 0.2) is 6.61 Å². The predicted octanol–water partition coefficient (Wildman–Crippen LogP) is 1.21. The summed E-state index contributed by atoms with van der Waals surface area (Å²) in [7, 11) is -5.66. The van der Waals surface area contributed by atoms with Gasteiger partial charge in [-0.25, -0.2) is 4.79 Å². The van der Waals surface area contributed by atoms with E-state index in [1.54, 1.807) is 0 Å². The van der Waals surface area contributed by atoms with Crippen LogP contribution in [0.2, 0.25) is 0 Å². The molecule has 0 radical (unpaired) electrons. The lowest BCUT2D eigenvalue weighted by atomic mass is 10.2. The Morgan fingerprint density at radius 3 is 2.24 bits per heavy atom. The number of esters is 2. The largest absolute Gasteiger partial charge is 0.460 e. The molecule has 0 saturated heterocycles. The number of halogens is 3. The molecule has 1 N–H and O–H groups in total. The smallest absolute Gasteiger partial charge is 0.402 e. The van der Waals surface area contributed by atoms with E-state index in [0.29, 0.717) is 0 Å². The molecule has 0 saturated carbocycles. The van der Waals surface area contributed by atoms with Crippen LogP contribution < -0.4 is 0 Å². The lowest BCUT2D eigenvalue weighted by molar-refractivity contribution is -0.149. The van der Waals surface area contributed by atoms with Gasteiger partial charge in [-0.15, -0.1) is 0 Å². The lowest BCUT2D eigenvalue weighted by Gasteiger charge is -2.12. The molecule has 21 heavy (non-hydrogen) atoms. The first kappa shape index (κ1) is 19.4. The Labute approximate surface area is 118 Å². The minimum atomic E-state index is -5.66. The minimum absolute atomic E-state index is 0.0717. The molecule has 0 amide bonds. The van der Waals surface area contributed by atoms with E-state index >= 15 is 0 Å². The molecule has 0 bridgehead atoms. The molecule has 0 atom stereocenters. The van der Waals surface area contributed by atoms with Crippen LogP contribution in [0.25, 0.3) is 0 Å². The van der Waals surface area contributed by atoms with Crippen LogP contribution >= 0.6 is 0 Å². The van der Waals surface area contributed by atoms with Crippen LogP contribution in [-0.2, 0) is 29.2 Å². The van der Waals surface area contributed by atoms with Gasteiger partial charge in [0.25, 0.3) is 0 Å². The summed E-state index contributed by atoms with van der Waals surface area (Å²) < 4.78 is 74.4. The Morgan fingerprint density at radius 2 is 1.76 bits per heavy atom. The maximum absolute atomic E-state index is 12.7. The number of hydrogen-bond acceptors (Lipinski definition) is 6. The molecule has 0 aliphatic rings. The van der Waals surface area contributed by atoms with Crippen molar-refractivity contribution in [1.29, 1.82) is 0 Å². The molecule has 7 nitrogen and oxygen atoms in total. The molecular formula is C10H13F3O7S. The molecular weight excluding hydrogens is 321 g/mol. The zero-order chi connectivity index (χ0) is 16.7. The van der Waals surface area contributed by atoms with Gasteiger partial charge < -0.3 is 9.47 Å². The molecule has 0 heterocycles. The minimum Gasteiger partial charge on any atom is -0.460 e.